The lowest BCUT2D eigenvalue weighted by molar-refractivity contribution is -0.165. The number of aliphatic hydroxyl groups is 1. The summed E-state index contributed by atoms with van der Waals surface area (Å²) in [6, 6.07) is 7.73. The van der Waals surface area contributed by atoms with Crippen molar-refractivity contribution in [2.45, 2.75) is 25.6 Å². The quantitative estimate of drug-likeness (QED) is 0.779. The maximum absolute atomic E-state index is 8.82. The maximum atomic E-state index is 8.82. The number of hydrogen-bond donors (Lipinski definition) is 1. The lowest BCUT2D eigenvalue weighted by Gasteiger charge is -2.22. The van der Waals surface area contributed by atoms with E-state index < -0.39 is 0 Å². The standard InChI is InChI=1S/C16H22O4/c17-10-5-7-14-6-1-2-8-15(14)18-12-13-20-16-9-3-4-11-19-16/h1-2,5-8,16-17H,3-4,9-13H2/b7-5+/t16-/m0/s1. The third kappa shape index (κ3) is 4.96. The Kier molecular flexibility index (Phi) is 6.57. The van der Waals surface area contributed by atoms with Gasteiger partial charge in [0, 0.05) is 12.2 Å². The van der Waals surface area contributed by atoms with E-state index in [1.54, 1.807) is 6.08 Å². The minimum atomic E-state index is -0.0723. The lowest BCUT2D eigenvalue weighted by Crippen LogP contribution is -2.24. The van der Waals surface area contributed by atoms with Crippen LogP contribution in [-0.2, 0) is 9.47 Å². The Bertz CT molecular complexity index is 411. The Labute approximate surface area is 120 Å². The SMILES string of the molecule is OC/C=C/c1ccccc1OCCO[C@H]1CCCCO1. The summed E-state index contributed by atoms with van der Waals surface area (Å²) in [7, 11) is 0. The molecule has 0 unspecified atom stereocenters. The van der Waals surface area contributed by atoms with Crippen LogP contribution in [0.25, 0.3) is 6.08 Å². The van der Waals surface area contributed by atoms with Gasteiger partial charge in [-0.05, 0) is 25.3 Å². The van der Waals surface area contributed by atoms with Gasteiger partial charge in [-0.2, -0.15) is 0 Å². The molecule has 1 heterocycles. The highest BCUT2D eigenvalue weighted by Crippen LogP contribution is 2.19. The fourth-order valence-electron chi connectivity index (χ4n) is 2.10. The number of benzene rings is 1. The molecule has 1 fully saturated rings. The van der Waals surface area contributed by atoms with Gasteiger partial charge < -0.3 is 19.3 Å². The number of para-hydroxylation sites is 1. The second kappa shape index (κ2) is 8.74. The highest BCUT2D eigenvalue weighted by Gasteiger charge is 2.13. The second-order valence-corrected chi connectivity index (χ2v) is 4.64. The lowest BCUT2D eigenvalue weighted by atomic mass is 10.2. The molecule has 0 spiro atoms. The van der Waals surface area contributed by atoms with Crippen LogP contribution in [-0.4, -0.2) is 37.8 Å². The molecular weight excluding hydrogens is 256 g/mol. The summed E-state index contributed by atoms with van der Waals surface area (Å²) in [5.74, 6) is 0.797. The van der Waals surface area contributed by atoms with Gasteiger partial charge >= 0.3 is 0 Å². The van der Waals surface area contributed by atoms with E-state index in [1.165, 1.54) is 6.42 Å². The molecule has 4 heteroatoms. The van der Waals surface area contributed by atoms with Crippen molar-refractivity contribution in [2.24, 2.45) is 0 Å². The van der Waals surface area contributed by atoms with Crippen LogP contribution in [0.3, 0.4) is 0 Å². The fourth-order valence-corrected chi connectivity index (χ4v) is 2.10. The van der Waals surface area contributed by atoms with Crippen molar-refractivity contribution in [3.8, 4) is 5.75 Å². The van der Waals surface area contributed by atoms with Crippen LogP contribution < -0.4 is 4.74 Å². The topological polar surface area (TPSA) is 47.9 Å². The Morgan fingerprint density at radius 1 is 1.25 bits per heavy atom. The van der Waals surface area contributed by atoms with Crippen LogP contribution >= 0.6 is 0 Å². The van der Waals surface area contributed by atoms with E-state index in [9.17, 15) is 0 Å². The van der Waals surface area contributed by atoms with E-state index in [2.05, 4.69) is 0 Å². The monoisotopic (exact) mass is 278 g/mol. The minimum Gasteiger partial charge on any atom is -0.491 e. The summed E-state index contributed by atoms with van der Waals surface area (Å²) in [6.07, 6.45) is 6.73. The van der Waals surface area contributed by atoms with Crippen molar-refractivity contribution >= 4 is 6.08 Å². The Morgan fingerprint density at radius 2 is 2.15 bits per heavy atom. The average Bonchev–Trinajstić information content (AvgIpc) is 2.51. The summed E-state index contributed by atoms with van der Waals surface area (Å²) < 4.78 is 16.8. The van der Waals surface area contributed by atoms with Gasteiger partial charge in [-0.1, -0.05) is 30.4 Å². The van der Waals surface area contributed by atoms with Gasteiger partial charge in [0.05, 0.1) is 13.2 Å². The smallest absolute Gasteiger partial charge is 0.157 e. The van der Waals surface area contributed by atoms with E-state index in [-0.39, 0.29) is 12.9 Å². The first-order valence-corrected chi connectivity index (χ1v) is 7.12. The molecule has 1 aliphatic heterocycles. The number of ether oxygens (including phenoxy) is 3. The molecule has 1 saturated heterocycles. The molecule has 0 aliphatic carbocycles. The van der Waals surface area contributed by atoms with Crippen molar-refractivity contribution in [2.75, 3.05) is 26.4 Å². The third-order valence-electron chi connectivity index (χ3n) is 3.10. The molecule has 20 heavy (non-hydrogen) atoms. The van der Waals surface area contributed by atoms with E-state index >= 15 is 0 Å². The van der Waals surface area contributed by atoms with E-state index in [0.717, 1.165) is 30.8 Å². The number of rotatable bonds is 7. The van der Waals surface area contributed by atoms with Gasteiger partial charge in [0.2, 0.25) is 0 Å². The van der Waals surface area contributed by atoms with Gasteiger partial charge in [0.15, 0.2) is 6.29 Å². The molecule has 0 saturated carbocycles. The van der Waals surface area contributed by atoms with Gasteiger partial charge in [-0.25, -0.2) is 0 Å². The normalized spacial score (nSPS) is 19.4. The molecule has 1 atom stereocenters. The zero-order valence-corrected chi connectivity index (χ0v) is 11.7. The summed E-state index contributed by atoms with van der Waals surface area (Å²) in [4.78, 5) is 0. The maximum Gasteiger partial charge on any atom is 0.157 e. The molecule has 2 rings (SSSR count). The van der Waals surface area contributed by atoms with Crippen molar-refractivity contribution in [1.82, 2.24) is 0 Å². The van der Waals surface area contributed by atoms with Gasteiger partial charge in [0.25, 0.3) is 0 Å². The minimum absolute atomic E-state index is 0.0243. The first-order valence-electron chi connectivity index (χ1n) is 7.12. The van der Waals surface area contributed by atoms with Crippen molar-refractivity contribution in [3.63, 3.8) is 0 Å². The Hall–Kier alpha value is -1.36. The van der Waals surface area contributed by atoms with Gasteiger partial charge in [0.1, 0.15) is 12.4 Å². The predicted octanol–water partition coefficient (Wildman–Crippen LogP) is 2.61. The van der Waals surface area contributed by atoms with E-state index in [0.29, 0.717) is 13.2 Å². The zero-order chi connectivity index (χ0) is 14.0. The highest BCUT2D eigenvalue weighted by atomic mass is 16.7. The molecular formula is C16H22O4. The molecule has 1 aliphatic rings. The number of aliphatic hydroxyl groups excluding tert-OH is 1. The molecule has 1 N–H and O–H groups in total. The van der Waals surface area contributed by atoms with Crippen LogP contribution in [0.4, 0.5) is 0 Å². The average molecular weight is 278 g/mol. The predicted molar refractivity (Wildman–Crippen MR) is 77.6 cm³/mol. The summed E-state index contributed by atoms with van der Waals surface area (Å²) >= 11 is 0. The summed E-state index contributed by atoms with van der Waals surface area (Å²) in [5.41, 5.74) is 0.954. The fraction of sp³-hybridized carbons (Fsp3) is 0.500. The van der Waals surface area contributed by atoms with Crippen LogP contribution in [0.2, 0.25) is 0 Å². The first-order chi connectivity index (χ1) is 9.90. The third-order valence-corrected chi connectivity index (χ3v) is 3.10. The largest absolute Gasteiger partial charge is 0.491 e. The van der Waals surface area contributed by atoms with E-state index in [1.807, 2.05) is 30.3 Å². The van der Waals surface area contributed by atoms with Crippen molar-refractivity contribution in [1.29, 1.82) is 0 Å². The van der Waals surface area contributed by atoms with Crippen molar-refractivity contribution in [3.05, 3.63) is 35.9 Å². The van der Waals surface area contributed by atoms with Crippen LogP contribution in [0.15, 0.2) is 30.3 Å². The van der Waals surface area contributed by atoms with Gasteiger partial charge in [-0.15, -0.1) is 0 Å². The Balaban J connectivity index is 1.74. The molecule has 0 amide bonds. The molecule has 110 valence electrons. The van der Waals surface area contributed by atoms with Crippen LogP contribution in [0.1, 0.15) is 24.8 Å². The second-order valence-electron chi connectivity index (χ2n) is 4.64. The molecule has 0 aromatic heterocycles. The zero-order valence-electron chi connectivity index (χ0n) is 11.7. The molecule has 0 radical (unpaired) electrons. The summed E-state index contributed by atoms with van der Waals surface area (Å²) in [6.45, 7) is 1.82. The van der Waals surface area contributed by atoms with Crippen molar-refractivity contribution < 1.29 is 19.3 Å². The Morgan fingerprint density at radius 3 is 2.95 bits per heavy atom. The molecule has 1 aromatic carbocycles. The van der Waals surface area contributed by atoms with Crippen LogP contribution in [0.5, 0.6) is 5.75 Å². The molecule has 1 aromatic rings. The van der Waals surface area contributed by atoms with E-state index in [4.69, 9.17) is 19.3 Å². The molecule has 0 bridgehead atoms. The summed E-state index contributed by atoms with van der Waals surface area (Å²) in [5, 5.41) is 8.82. The molecule has 4 nitrogen and oxygen atoms in total. The van der Waals surface area contributed by atoms with Gasteiger partial charge in [-0.3, -0.25) is 0 Å². The highest BCUT2D eigenvalue weighted by molar-refractivity contribution is 5.57. The number of hydrogen-bond acceptors (Lipinski definition) is 4. The van der Waals surface area contributed by atoms with Crippen LogP contribution in [0, 0.1) is 0 Å². The first kappa shape index (κ1) is 15.0.